The lowest BCUT2D eigenvalue weighted by Gasteiger charge is -2.29. The molecule has 3 heteroatoms. The molecule has 92 valence electrons. The van der Waals surface area contributed by atoms with E-state index in [1.807, 2.05) is 11.3 Å². The second-order valence-corrected chi connectivity index (χ2v) is 8.05. The molecule has 1 heterocycles. The third kappa shape index (κ3) is 2.76. The first-order chi connectivity index (χ1) is 8.33. The van der Waals surface area contributed by atoms with Gasteiger partial charge in [-0.15, -0.1) is 11.3 Å². The molecular formula is C14H18INS. The van der Waals surface area contributed by atoms with Gasteiger partial charge in [0.1, 0.15) is 0 Å². The Bertz CT molecular complexity index is 424. The van der Waals surface area contributed by atoms with Crippen molar-refractivity contribution in [2.45, 2.75) is 50.6 Å². The van der Waals surface area contributed by atoms with Crippen LogP contribution in [-0.4, -0.2) is 6.04 Å². The molecule has 17 heavy (non-hydrogen) atoms. The fourth-order valence-electron chi connectivity index (χ4n) is 2.92. The average Bonchev–Trinajstić information content (AvgIpc) is 2.72. The monoisotopic (exact) mass is 359 g/mol. The first-order valence-corrected chi connectivity index (χ1v) is 8.41. The summed E-state index contributed by atoms with van der Waals surface area (Å²) in [6, 6.07) is 3.72. The number of hydrogen-bond acceptors (Lipinski definition) is 2. The Morgan fingerprint density at radius 1 is 1.29 bits per heavy atom. The molecular weight excluding hydrogens is 341 g/mol. The highest BCUT2D eigenvalue weighted by atomic mass is 127. The Hall–Kier alpha value is 0.130. The molecule has 0 fully saturated rings. The highest BCUT2D eigenvalue weighted by molar-refractivity contribution is 14.1. The molecule has 1 aromatic heterocycles. The normalized spacial score (nSPS) is 28.1. The lowest BCUT2D eigenvalue weighted by molar-refractivity contribution is 0.378. The number of allylic oxidation sites excluding steroid dienone is 1. The second kappa shape index (κ2) is 5.41. The summed E-state index contributed by atoms with van der Waals surface area (Å²) >= 11 is 4.45. The number of hydrogen-bond donors (Lipinski definition) is 1. The molecule has 3 rings (SSSR count). The van der Waals surface area contributed by atoms with Gasteiger partial charge in [0.15, 0.2) is 0 Å². The fourth-order valence-corrected chi connectivity index (χ4v) is 5.04. The Morgan fingerprint density at radius 3 is 3.06 bits per heavy atom. The minimum Gasteiger partial charge on any atom is -0.307 e. The SMILES string of the molecule is Ic1cc2c(s1)CCCC2NC1CC=CCC1. The van der Waals surface area contributed by atoms with Gasteiger partial charge in [0, 0.05) is 17.0 Å². The Kier molecular flexibility index (Phi) is 3.87. The Balaban J connectivity index is 1.73. The summed E-state index contributed by atoms with van der Waals surface area (Å²) in [5.74, 6) is 0. The summed E-state index contributed by atoms with van der Waals surface area (Å²) in [6.45, 7) is 0. The van der Waals surface area contributed by atoms with Gasteiger partial charge < -0.3 is 5.32 Å². The quantitative estimate of drug-likeness (QED) is 0.609. The van der Waals surface area contributed by atoms with E-state index >= 15 is 0 Å². The molecule has 0 aliphatic heterocycles. The van der Waals surface area contributed by atoms with Gasteiger partial charge >= 0.3 is 0 Å². The van der Waals surface area contributed by atoms with Gasteiger partial charge in [-0.3, -0.25) is 0 Å². The summed E-state index contributed by atoms with van der Waals surface area (Å²) in [7, 11) is 0. The first kappa shape index (κ1) is 12.2. The zero-order valence-electron chi connectivity index (χ0n) is 9.92. The highest BCUT2D eigenvalue weighted by Crippen LogP contribution is 2.37. The van der Waals surface area contributed by atoms with Gasteiger partial charge in [-0.1, -0.05) is 12.2 Å². The van der Waals surface area contributed by atoms with Crippen LogP contribution < -0.4 is 5.32 Å². The van der Waals surface area contributed by atoms with Crippen LogP contribution in [0.5, 0.6) is 0 Å². The van der Waals surface area contributed by atoms with Crippen molar-refractivity contribution in [2.75, 3.05) is 0 Å². The molecule has 2 aliphatic carbocycles. The van der Waals surface area contributed by atoms with Gasteiger partial charge in [-0.2, -0.15) is 0 Å². The molecule has 2 atom stereocenters. The smallest absolute Gasteiger partial charge is 0.0659 e. The van der Waals surface area contributed by atoms with Gasteiger partial charge in [0.25, 0.3) is 0 Å². The number of rotatable bonds is 2. The van der Waals surface area contributed by atoms with Crippen molar-refractivity contribution in [2.24, 2.45) is 0 Å². The molecule has 0 amide bonds. The Morgan fingerprint density at radius 2 is 2.24 bits per heavy atom. The molecule has 0 aromatic carbocycles. The van der Waals surface area contributed by atoms with Gasteiger partial charge in [-0.05, 0) is 72.7 Å². The topological polar surface area (TPSA) is 12.0 Å². The van der Waals surface area contributed by atoms with Crippen molar-refractivity contribution in [3.8, 4) is 0 Å². The van der Waals surface area contributed by atoms with Crippen LogP contribution in [0.2, 0.25) is 0 Å². The van der Waals surface area contributed by atoms with Crippen LogP contribution in [0.15, 0.2) is 18.2 Å². The van der Waals surface area contributed by atoms with E-state index in [4.69, 9.17) is 0 Å². The zero-order valence-corrected chi connectivity index (χ0v) is 12.9. The number of fused-ring (bicyclic) bond motifs is 1. The van der Waals surface area contributed by atoms with Crippen LogP contribution in [0.3, 0.4) is 0 Å². The number of aryl methyl sites for hydroxylation is 1. The number of nitrogens with one attached hydrogen (secondary N) is 1. The van der Waals surface area contributed by atoms with Crippen molar-refractivity contribution < 1.29 is 0 Å². The molecule has 1 nitrogen and oxygen atoms in total. The van der Waals surface area contributed by atoms with E-state index in [1.165, 1.54) is 41.4 Å². The van der Waals surface area contributed by atoms with E-state index in [1.54, 1.807) is 10.4 Å². The molecule has 0 saturated carbocycles. The van der Waals surface area contributed by atoms with Crippen LogP contribution >= 0.6 is 33.9 Å². The lowest BCUT2D eigenvalue weighted by atomic mass is 9.92. The number of thiophene rings is 1. The summed E-state index contributed by atoms with van der Waals surface area (Å²) in [5.41, 5.74) is 1.60. The third-order valence-electron chi connectivity index (χ3n) is 3.79. The predicted octanol–water partition coefficient (Wildman–Crippen LogP) is 4.43. The lowest BCUT2D eigenvalue weighted by Crippen LogP contribution is -2.34. The molecule has 2 unspecified atom stereocenters. The van der Waals surface area contributed by atoms with E-state index in [0.29, 0.717) is 12.1 Å². The van der Waals surface area contributed by atoms with E-state index in [2.05, 4.69) is 46.1 Å². The molecule has 0 radical (unpaired) electrons. The fraction of sp³-hybridized carbons (Fsp3) is 0.571. The van der Waals surface area contributed by atoms with Crippen molar-refractivity contribution in [1.29, 1.82) is 0 Å². The Labute approximate surface area is 121 Å². The molecule has 2 aliphatic rings. The van der Waals surface area contributed by atoms with Crippen molar-refractivity contribution in [3.63, 3.8) is 0 Å². The maximum absolute atomic E-state index is 3.88. The minimum atomic E-state index is 0.620. The molecule has 0 spiro atoms. The molecule has 0 bridgehead atoms. The van der Waals surface area contributed by atoms with E-state index in [9.17, 15) is 0 Å². The van der Waals surface area contributed by atoms with E-state index < -0.39 is 0 Å². The van der Waals surface area contributed by atoms with E-state index in [0.717, 1.165) is 0 Å². The summed E-state index contributed by atoms with van der Waals surface area (Å²) in [6.07, 6.45) is 12.4. The van der Waals surface area contributed by atoms with Crippen LogP contribution in [0, 0.1) is 2.88 Å². The van der Waals surface area contributed by atoms with Crippen LogP contribution in [-0.2, 0) is 6.42 Å². The first-order valence-electron chi connectivity index (χ1n) is 6.52. The molecule has 0 saturated heterocycles. The van der Waals surface area contributed by atoms with Crippen LogP contribution in [0.25, 0.3) is 0 Å². The second-order valence-electron chi connectivity index (χ2n) is 5.02. The zero-order chi connectivity index (χ0) is 11.7. The highest BCUT2D eigenvalue weighted by Gasteiger charge is 2.24. The molecule has 1 N–H and O–H groups in total. The van der Waals surface area contributed by atoms with Crippen LogP contribution in [0.4, 0.5) is 0 Å². The third-order valence-corrected chi connectivity index (χ3v) is 5.76. The molecule has 1 aromatic rings. The van der Waals surface area contributed by atoms with Crippen LogP contribution in [0.1, 0.15) is 48.6 Å². The summed E-state index contributed by atoms with van der Waals surface area (Å²) in [4.78, 5) is 1.63. The van der Waals surface area contributed by atoms with Gasteiger partial charge in [0.2, 0.25) is 0 Å². The van der Waals surface area contributed by atoms with Crippen molar-refractivity contribution in [3.05, 3.63) is 31.5 Å². The number of halogens is 1. The maximum atomic E-state index is 3.88. The largest absolute Gasteiger partial charge is 0.307 e. The summed E-state index contributed by atoms with van der Waals surface area (Å²) < 4.78 is 1.45. The predicted molar refractivity (Wildman–Crippen MR) is 82.6 cm³/mol. The maximum Gasteiger partial charge on any atom is 0.0659 e. The van der Waals surface area contributed by atoms with Gasteiger partial charge in [-0.25, -0.2) is 0 Å². The average molecular weight is 359 g/mol. The standard InChI is InChI=1S/C14H18INS/c15-14-9-11-12(7-4-8-13(11)17-14)16-10-5-2-1-3-6-10/h1-2,9-10,12,16H,3-8H2. The van der Waals surface area contributed by atoms with Gasteiger partial charge in [0.05, 0.1) is 2.88 Å². The van der Waals surface area contributed by atoms with Crippen molar-refractivity contribution in [1.82, 2.24) is 5.32 Å². The summed E-state index contributed by atoms with van der Waals surface area (Å²) in [5, 5.41) is 3.88. The van der Waals surface area contributed by atoms with Crippen molar-refractivity contribution >= 4 is 33.9 Å². The van der Waals surface area contributed by atoms with E-state index in [-0.39, 0.29) is 0 Å². The minimum absolute atomic E-state index is 0.620.